The van der Waals surface area contributed by atoms with Crippen molar-refractivity contribution in [3.8, 4) is 10.4 Å². The molecule has 2 aromatic rings. The Morgan fingerprint density at radius 3 is 2.41 bits per heavy atom. The molecule has 0 aliphatic rings. The number of carbonyl (C=O) groups is 1. The minimum absolute atomic E-state index is 0.357. The monoisotopic (exact) mass is 246 g/mol. The SMILES string of the molecule is CC(C)c1cc(C(=O)O)c(-c2ccccc2)s1. The zero-order valence-corrected chi connectivity index (χ0v) is 10.6. The molecule has 2 nitrogen and oxygen atoms in total. The van der Waals surface area contributed by atoms with Gasteiger partial charge < -0.3 is 5.11 Å². The Kier molecular flexibility index (Phi) is 3.29. The molecule has 1 N–H and O–H groups in total. The van der Waals surface area contributed by atoms with E-state index in [1.54, 1.807) is 17.4 Å². The summed E-state index contributed by atoms with van der Waals surface area (Å²) in [6, 6.07) is 11.5. The highest BCUT2D eigenvalue weighted by atomic mass is 32.1. The number of aromatic carboxylic acids is 1. The molecule has 1 aromatic carbocycles. The Hall–Kier alpha value is -1.61. The van der Waals surface area contributed by atoms with Gasteiger partial charge in [-0.15, -0.1) is 11.3 Å². The average molecular weight is 246 g/mol. The van der Waals surface area contributed by atoms with E-state index in [1.165, 1.54) is 0 Å². The van der Waals surface area contributed by atoms with Gasteiger partial charge in [-0.2, -0.15) is 0 Å². The third-order valence-electron chi connectivity index (χ3n) is 2.59. The number of hydrogen-bond donors (Lipinski definition) is 1. The molecule has 1 heterocycles. The molecule has 0 amide bonds. The van der Waals surface area contributed by atoms with Crippen LogP contribution in [0.5, 0.6) is 0 Å². The summed E-state index contributed by atoms with van der Waals surface area (Å²) in [4.78, 5) is 13.2. The van der Waals surface area contributed by atoms with Gasteiger partial charge in [-0.05, 0) is 17.5 Å². The maximum Gasteiger partial charge on any atom is 0.337 e. The van der Waals surface area contributed by atoms with E-state index in [-0.39, 0.29) is 0 Å². The number of benzene rings is 1. The minimum Gasteiger partial charge on any atom is -0.478 e. The van der Waals surface area contributed by atoms with Crippen molar-refractivity contribution in [2.75, 3.05) is 0 Å². The third kappa shape index (κ3) is 2.39. The highest BCUT2D eigenvalue weighted by Gasteiger charge is 2.17. The van der Waals surface area contributed by atoms with Crippen LogP contribution < -0.4 is 0 Å². The molecule has 0 radical (unpaired) electrons. The van der Waals surface area contributed by atoms with Crippen LogP contribution in [0.3, 0.4) is 0 Å². The molecule has 88 valence electrons. The van der Waals surface area contributed by atoms with Crippen molar-refractivity contribution in [2.24, 2.45) is 0 Å². The molecule has 3 heteroatoms. The molecule has 0 atom stereocenters. The summed E-state index contributed by atoms with van der Waals surface area (Å²) in [7, 11) is 0. The lowest BCUT2D eigenvalue weighted by atomic mass is 10.1. The molecule has 0 saturated heterocycles. The first-order valence-electron chi connectivity index (χ1n) is 5.52. The highest BCUT2D eigenvalue weighted by molar-refractivity contribution is 7.16. The Balaban J connectivity index is 2.56. The van der Waals surface area contributed by atoms with Crippen molar-refractivity contribution in [1.29, 1.82) is 0 Å². The molecule has 0 saturated carbocycles. The molecular formula is C14H14O2S. The Morgan fingerprint density at radius 2 is 1.88 bits per heavy atom. The second-order valence-corrected chi connectivity index (χ2v) is 5.30. The summed E-state index contributed by atoms with van der Waals surface area (Å²) in [5, 5.41) is 9.23. The minimum atomic E-state index is -0.855. The van der Waals surface area contributed by atoms with Crippen LogP contribution in [0.25, 0.3) is 10.4 Å². The predicted octanol–water partition coefficient (Wildman–Crippen LogP) is 4.24. The van der Waals surface area contributed by atoms with E-state index in [0.29, 0.717) is 11.5 Å². The number of thiophene rings is 1. The van der Waals surface area contributed by atoms with Gasteiger partial charge in [0, 0.05) is 9.75 Å². The van der Waals surface area contributed by atoms with Crippen LogP contribution in [0.2, 0.25) is 0 Å². The fourth-order valence-corrected chi connectivity index (χ4v) is 2.82. The second-order valence-electron chi connectivity index (χ2n) is 4.22. The van der Waals surface area contributed by atoms with Crippen molar-refractivity contribution in [2.45, 2.75) is 19.8 Å². The molecule has 0 bridgehead atoms. The van der Waals surface area contributed by atoms with E-state index in [0.717, 1.165) is 15.3 Å². The van der Waals surface area contributed by atoms with Crippen LogP contribution in [0.15, 0.2) is 36.4 Å². The zero-order chi connectivity index (χ0) is 12.4. The molecule has 0 aliphatic carbocycles. The van der Waals surface area contributed by atoms with E-state index in [4.69, 9.17) is 0 Å². The molecule has 0 spiro atoms. The number of hydrogen-bond acceptors (Lipinski definition) is 2. The van der Waals surface area contributed by atoms with Gasteiger partial charge in [-0.1, -0.05) is 44.2 Å². The molecular weight excluding hydrogens is 232 g/mol. The van der Waals surface area contributed by atoms with Gasteiger partial charge in [0.15, 0.2) is 0 Å². The second kappa shape index (κ2) is 4.72. The fraction of sp³-hybridized carbons (Fsp3) is 0.214. The Labute approximate surface area is 105 Å². The average Bonchev–Trinajstić information content (AvgIpc) is 2.75. The van der Waals surface area contributed by atoms with E-state index in [2.05, 4.69) is 13.8 Å². The first-order chi connectivity index (χ1) is 8.09. The number of carboxylic acids is 1. The van der Waals surface area contributed by atoms with Crippen LogP contribution in [0.4, 0.5) is 0 Å². The van der Waals surface area contributed by atoms with E-state index < -0.39 is 5.97 Å². The van der Waals surface area contributed by atoms with Crippen molar-refractivity contribution < 1.29 is 9.90 Å². The molecule has 1 aromatic heterocycles. The van der Waals surface area contributed by atoms with Gasteiger partial charge in [-0.3, -0.25) is 0 Å². The number of rotatable bonds is 3. The number of carboxylic acid groups (broad SMARTS) is 1. The van der Waals surface area contributed by atoms with Gasteiger partial charge >= 0.3 is 5.97 Å². The van der Waals surface area contributed by atoms with Gasteiger partial charge in [-0.25, -0.2) is 4.79 Å². The fourth-order valence-electron chi connectivity index (χ4n) is 1.66. The maximum absolute atomic E-state index is 11.2. The van der Waals surface area contributed by atoms with Gasteiger partial charge in [0.05, 0.1) is 5.56 Å². The summed E-state index contributed by atoms with van der Waals surface area (Å²) in [5.41, 5.74) is 1.38. The smallest absolute Gasteiger partial charge is 0.337 e. The Morgan fingerprint density at radius 1 is 1.24 bits per heavy atom. The van der Waals surface area contributed by atoms with E-state index in [9.17, 15) is 9.90 Å². The zero-order valence-electron chi connectivity index (χ0n) is 9.81. The van der Waals surface area contributed by atoms with Crippen LogP contribution in [0, 0.1) is 0 Å². The van der Waals surface area contributed by atoms with Crippen molar-refractivity contribution >= 4 is 17.3 Å². The lowest BCUT2D eigenvalue weighted by molar-refractivity contribution is 0.0698. The molecule has 0 unspecified atom stereocenters. The maximum atomic E-state index is 11.2. The summed E-state index contributed by atoms with van der Waals surface area (Å²) in [6.45, 7) is 4.15. The molecule has 17 heavy (non-hydrogen) atoms. The van der Waals surface area contributed by atoms with Crippen molar-refractivity contribution in [1.82, 2.24) is 0 Å². The predicted molar refractivity (Wildman–Crippen MR) is 70.8 cm³/mol. The van der Waals surface area contributed by atoms with Crippen LogP contribution in [0.1, 0.15) is 35.0 Å². The van der Waals surface area contributed by atoms with E-state index >= 15 is 0 Å². The van der Waals surface area contributed by atoms with Crippen LogP contribution in [-0.2, 0) is 0 Å². The molecule has 2 rings (SSSR count). The normalized spacial score (nSPS) is 10.8. The molecule has 0 fully saturated rings. The first-order valence-corrected chi connectivity index (χ1v) is 6.33. The van der Waals surface area contributed by atoms with Crippen LogP contribution >= 0.6 is 11.3 Å². The van der Waals surface area contributed by atoms with E-state index in [1.807, 2.05) is 30.3 Å². The van der Waals surface area contributed by atoms with Gasteiger partial charge in [0.1, 0.15) is 0 Å². The van der Waals surface area contributed by atoms with Crippen LogP contribution in [-0.4, -0.2) is 11.1 Å². The lowest BCUT2D eigenvalue weighted by Crippen LogP contribution is -1.95. The summed E-state index contributed by atoms with van der Waals surface area (Å²) < 4.78 is 0. The first kappa shape index (κ1) is 11.9. The standard InChI is InChI=1S/C14H14O2S/c1-9(2)12-8-11(14(15)16)13(17-12)10-6-4-3-5-7-10/h3-9H,1-2H3,(H,15,16). The molecule has 0 aliphatic heterocycles. The van der Waals surface area contributed by atoms with Gasteiger partial charge in [0.2, 0.25) is 0 Å². The largest absolute Gasteiger partial charge is 0.478 e. The topological polar surface area (TPSA) is 37.3 Å². The quantitative estimate of drug-likeness (QED) is 0.879. The summed E-state index contributed by atoms with van der Waals surface area (Å²) in [6.07, 6.45) is 0. The Bertz CT molecular complexity index is 526. The summed E-state index contributed by atoms with van der Waals surface area (Å²) >= 11 is 1.57. The third-order valence-corrected chi connectivity index (χ3v) is 4.07. The van der Waals surface area contributed by atoms with Crippen molar-refractivity contribution in [3.63, 3.8) is 0 Å². The summed E-state index contributed by atoms with van der Waals surface area (Å²) in [5.74, 6) is -0.498. The lowest BCUT2D eigenvalue weighted by Gasteiger charge is -1.99. The van der Waals surface area contributed by atoms with Gasteiger partial charge in [0.25, 0.3) is 0 Å². The highest BCUT2D eigenvalue weighted by Crippen LogP contribution is 2.36. The van der Waals surface area contributed by atoms with Crippen molar-refractivity contribution in [3.05, 3.63) is 46.8 Å².